The van der Waals surface area contributed by atoms with Crippen LogP contribution in [0.2, 0.25) is 0 Å². The van der Waals surface area contributed by atoms with Gasteiger partial charge in [-0.2, -0.15) is 13.2 Å². The van der Waals surface area contributed by atoms with E-state index in [9.17, 15) is 27.6 Å². The fraction of sp³-hybridized carbons (Fsp3) is 0.562. The molecule has 2 heterocycles. The molecule has 0 bridgehead atoms. The lowest BCUT2D eigenvalue weighted by Gasteiger charge is -2.14. The van der Waals surface area contributed by atoms with Crippen molar-refractivity contribution in [1.82, 2.24) is 14.9 Å². The summed E-state index contributed by atoms with van der Waals surface area (Å²) >= 11 is 0. The van der Waals surface area contributed by atoms with Gasteiger partial charge in [-0.05, 0) is 19.3 Å². The van der Waals surface area contributed by atoms with Gasteiger partial charge in [-0.3, -0.25) is 19.1 Å². The van der Waals surface area contributed by atoms with Gasteiger partial charge in [-0.1, -0.05) is 11.8 Å². The molecule has 27 heavy (non-hydrogen) atoms. The number of aromatic amines is 1. The monoisotopic (exact) mass is 389 g/mol. The number of unbranched alkanes of at least 4 members (excludes halogenated alkanes) is 1. The SMILES string of the molecule is O=C(NCCCC#Cc1cn([C@@H]2CC[C@H](CO)O2)c(=O)[nH]c1=O)C(F)(F)F. The van der Waals surface area contributed by atoms with Crippen LogP contribution < -0.4 is 16.6 Å². The number of ether oxygens (including phenoxy) is 1. The molecule has 8 nitrogen and oxygen atoms in total. The van der Waals surface area contributed by atoms with E-state index in [0.717, 1.165) is 0 Å². The van der Waals surface area contributed by atoms with Gasteiger partial charge in [0, 0.05) is 19.2 Å². The fourth-order valence-corrected chi connectivity index (χ4v) is 2.45. The van der Waals surface area contributed by atoms with Crippen LogP contribution in [0.1, 0.15) is 37.5 Å². The van der Waals surface area contributed by atoms with E-state index in [2.05, 4.69) is 16.8 Å². The van der Waals surface area contributed by atoms with E-state index in [1.165, 1.54) is 10.8 Å². The van der Waals surface area contributed by atoms with E-state index in [-0.39, 0.29) is 37.7 Å². The summed E-state index contributed by atoms with van der Waals surface area (Å²) < 4.78 is 42.7. The van der Waals surface area contributed by atoms with Gasteiger partial charge >= 0.3 is 17.8 Å². The third-order valence-electron chi connectivity index (χ3n) is 3.81. The van der Waals surface area contributed by atoms with Crippen molar-refractivity contribution in [1.29, 1.82) is 0 Å². The van der Waals surface area contributed by atoms with Crippen LogP contribution in [-0.2, 0) is 9.53 Å². The molecule has 2 atom stereocenters. The number of aromatic nitrogens is 2. The maximum atomic E-state index is 12.0. The molecule has 0 aromatic carbocycles. The molecule has 0 aliphatic carbocycles. The zero-order valence-electron chi connectivity index (χ0n) is 14.1. The van der Waals surface area contributed by atoms with Crippen molar-refractivity contribution in [3.8, 4) is 11.8 Å². The predicted octanol–water partition coefficient (Wildman–Crippen LogP) is 0.0167. The number of carbonyl (C=O) groups is 1. The van der Waals surface area contributed by atoms with Gasteiger partial charge in [-0.15, -0.1) is 0 Å². The van der Waals surface area contributed by atoms with E-state index in [1.807, 2.05) is 0 Å². The molecule has 1 aromatic rings. The number of nitrogens with one attached hydrogen (secondary N) is 2. The summed E-state index contributed by atoms with van der Waals surface area (Å²) in [6, 6.07) is 0. The summed E-state index contributed by atoms with van der Waals surface area (Å²) in [6.45, 7) is -0.381. The number of amides is 1. The third kappa shape index (κ3) is 5.70. The lowest BCUT2D eigenvalue weighted by molar-refractivity contribution is -0.173. The molecule has 1 aliphatic rings. The predicted molar refractivity (Wildman–Crippen MR) is 86.7 cm³/mol. The fourth-order valence-electron chi connectivity index (χ4n) is 2.45. The van der Waals surface area contributed by atoms with Crippen molar-refractivity contribution in [3.05, 3.63) is 32.6 Å². The zero-order chi connectivity index (χ0) is 20.0. The standard InChI is InChI=1S/C16H18F3N3O5/c17-16(18,19)14(25)20-7-3-1-2-4-10-8-22(15(26)21-13(10)24)12-6-5-11(9-23)27-12/h8,11-12,23H,1,3,5-7,9H2,(H,20,25)(H,21,24,26)/t11-,12+/m1/s1. The van der Waals surface area contributed by atoms with E-state index < -0.39 is 29.6 Å². The maximum Gasteiger partial charge on any atom is 0.471 e. The number of hydrogen-bond acceptors (Lipinski definition) is 5. The zero-order valence-corrected chi connectivity index (χ0v) is 14.1. The molecule has 0 radical (unpaired) electrons. The molecule has 3 N–H and O–H groups in total. The first-order valence-corrected chi connectivity index (χ1v) is 8.18. The summed E-state index contributed by atoms with van der Waals surface area (Å²) in [5, 5.41) is 10.8. The summed E-state index contributed by atoms with van der Waals surface area (Å²) in [7, 11) is 0. The van der Waals surface area contributed by atoms with Crippen LogP contribution in [0, 0.1) is 11.8 Å². The molecule has 2 rings (SSSR count). The number of nitrogens with zero attached hydrogens (tertiary/aromatic N) is 1. The summed E-state index contributed by atoms with van der Waals surface area (Å²) in [5.41, 5.74) is -1.35. The second-order valence-electron chi connectivity index (χ2n) is 5.84. The number of H-pyrrole nitrogens is 1. The van der Waals surface area contributed by atoms with Crippen LogP contribution in [0.4, 0.5) is 13.2 Å². The lowest BCUT2D eigenvalue weighted by atomic mass is 10.2. The molecule has 1 aromatic heterocycles. The van der Waals surface area contributed by atoms with Gasteiger partial charge in [0.05, 0.1) is 12.7 Å². The molecule has 148 valence electrons. The van der Waals surface area contributed by atoms with Gasteiger partial charge in [0.15, 0.2) is 0 Å². The van der Waals surface area contributed by atoms with Crippen molar-refractivity contribution < 1.29 is 27.8 Å². The minimum absolute atomic E-state index is 0.00461. The lowest BCUT2D eigenvalue weighted by Crippen LogP contribution is -2.37. The van der Waals surface area contributed by atoms with E-state index in [1.54, 1.807) is 5.32 Å². The molecule has 11 heteroatoms. The molecular weight excluding hydrogens is 371 g/mol. The second kappa shape index (κ2) is 8.88. The van der Waals surface area contributed by atoms with Crippen LogP contribution in [0.25, 0.3) is 0 Å². The molecule has 1 fully saturated rings. The average molecular weight is 389 g/mol. The maximum absolute atomic E-state index is 12.0. The van der Waals surface area contributed by atoms with Crippen LogP contribution in [0.5, 0.6) is 0 Å². The second-order valence-corrected chi connectivity index (χ2v) is 5.84. The Hall–Kier alpha value is -2.58. The molecule has 0 spiro atoms. The highest BCUT2D eigenvalue weighted by molar-refractivity contribution is 5.81. The van der Waals surface area contributed by atoms with Crippen molar-refractivity contribution in [2.24, 2.45) is 0 Å². The Labute approximate surface area is 151 Å². The number of aliphatic hydroxyl groups is 1. The first kappa shape index (κ1) is 20.7. The quantitative estimate of drug-likeness (QED) is 0.485. The molecule has 1 saturated heterocycles. The number of alkyl halides is 3. The Balaban J connectivity index is 1.96. The molecule has 1 amide bonds. The Kier molecular flexibility index (Phi) is 6.81. The van der Waals surface area contributed by atoms with Crippen LogP contribution in [0.15, 0.2) is 15.8 Å². The van der Waals surface area contributed by atoms with Gasteiger partial charge < -0.3 is 15.2 Å². The summed E-state index contributed by atoms with van der Waals surface area (Å²) in [4.78, 5) is 36.5. The molecule has 1 aliphatic heterocycles. The molecule has 0 saturated carbocycles. The Bertz CT molecular complexity index is 850. The highest BCUT2D eigenvalue weighted by atomic mass is 19.4. The van der Waals surface area contributed by atoms with Crippen LogP contribution in [-0.4, -0.2) is 46.0 Å². The van der Waals surface area contributed by atoms with Crippen molar-refractivity contribution in [2.45, 2.75) is 44.2 Å². The van der Waals surface area contributed by atoms with Gasteiger partial charge in [0.25, 0.3) is 5.56 Å². The Morgan fingerprint density at radius 2 is 2.15 bits per heavy atom. The van der Waals surface area contributed by atoms with Crippen LogP contribution in [0.3, 0.4) is 0 Å². The topological polar surface area (TPSA) is 113 Å². The summed E-state index contributed by atoms with van der Waals surface area (Å²) in [6.07, 6.45) is -3.31. The van der Waals surface area contributed by atoms with E-state index >= 15 is 0 Å². The Morgan fingerprint density at radius 3 is 2.78 bits per heavy atom. The number of hydrogen-bond donors (Lipinski definition) is 3. The number of halogens is 3. The van der Waals surface area contributed by atoms with Gasteiger partial charge in [0.1, 0.15) is 11.8 Å². The average Bonchev–Trinajstić information content (AvgIpc) is 3.07. The van der Waals surface area contributed by atoms with Gasteiger partial charge in [-0.25, -0.2) is 4.79 Å². The Morgan fingerprint density at radius 1 is 1.41 bits per heavy atom. The first-order chi connectivity index (χ1) is 12.7. The van der Waals surface area contributed by atoms with Crippen molar-refractivity contribution in [2.75, 3.05) is 13.2 Å². The highest BCUT2D eigenvalue weighted by Crippen LogP contribution is 2.26. The van der Waals surface area contributed by atoms with E-state index in [4.69, 9.17) is 9.84 Å². The smallest absolute Gasteiger partial charge is 0.394 e. The molecule has 0 unspecified atom stereocenters. The number of carbonyl (C=O) groups excluding carboxylic acids is 1. The van der Waals surface area contributed by atoms with Crippen LogP contribution >= 0.6 is 0 Å². The van der Waals surface area contributed by atoms with Gasteiger partial charge in [0.2, 0.25) is 0 Å². The minimum Gasteiger partial charge on any atom is -0.394 e. The molecular formula is C16H18F3N3O5. The third-order valence-corrected chi connectivity index (χ3v) is 3.81. The number of rotatable bonds is 5. The highest BCUT2D eigenvalue weighted by Gasteiger charge is 2.38. The number of aliphatic hydroxyl groups excluding tert-OH is 1. The largest absolute Gasteiger partial charge is 0.471 e. The normalized spacial score (nSPS) is 19.4. The van der Waals surface area contributed by atoms with Crippen molar-refractivity contribution in [3.63, 3.8) is 0 Å². The first-order valence-electron chi connectivity index (χ1n) is 8.18. The van der Waals surface area contributed by atoms with Crippen molar-refractivity contribution >= 4 is 5.91 Å². The minimum atomic E-state index is -4.93. The van der Waals surface area contributed by atoms with E-state index in [0.29, 0.717) is 12.8 Å². The summed E-state index contributed by atoms with van der Waals surface area (Å²) in [5.74, 6) is 3.15.